The summed E-state index contributed by atoms with van der Waals surface area (Å²) >= 11 is 0. The average Bonchev–Trinajstić information content (AvgIpc) is 3.37. The first-order valence-electron chi connectivity index (χ1n) is 7.57. The highest BCUT2D eigenvalue weighted by Crippen LogP contribution is 2.31. The number of nitrogens with zero attached hydrogens (tertiary/aromatic N) is 2. The van der Waals surface area contributed by atoms with Gasteiger partial charge in [0, 0.05) is 25.0 Å². The van der Waals surface area contributed by atoms with Crippen LogP contribution in [0.25, 0.3) is 0 Å². The van der Waals surface area contributed by atoms with Crippen LogP contribution in [-0.4, -0.2) is 29.5 Å². The van der Waals surface area contributed by atoms with Crippen LogP contribution in [0.15, 0.2) is 54.9 Å². The Labute approximate surface area is 131 Å². The van der Waals surface area contributed by atoms with Crippen molar-refractivity contribution in [3.05, 3.63) is 66.0 Å². The van der Waals surface area contributed by atoms with Gasteiger partial charge in [-0.1, -0.05) is 36.4 Å². The van der Waals surface area contributed by atoms with Crippen molar-refractivity contribution in [2.24, 2.45) is 0 Å². The second-order valence-electron chi connectivity index (χ2n) is 5.69. The fraction of sp³-hybridized carbons (Fsp3) is 0.353. The Balaban J connectivity index is 1.70. The van der Waals surface area contributed by atoms with E-state index in [4.69, 9.17) is 0 Å². The summed E-state index contributed by atoms with van der Waals surface area (Å²) < 4.78 is 27.1. The second-order valence-corrected chi connectivity index (χ2v) is 7.73. The highest BCUT2D eigenvalue weighted by Gasteiger charge is 2.36. The zero-order valence-electron chi connectivity index (χ0n) is 12.4. The first-order chi connectivity index (χ1) is 10.6. The third-order valence-electron chi connectivity index (χ3n) is 3.86. The van der Waals surface area contributed by atoms with Crippen LogP contribution in [0.5, 0.6) is 0 Å². The predicted octanol–water partition coefficient (Wildman–Crippen LogP) is 2.62. The lowest BCUT2D eigenvalue weighted by molar-refractivity contribution is 0.398. The molecule has 116 valence electrons. The Kier molecular flexibility index (Phi) is 4.55. The van der Waals surface area contributed by atoms with E-state index in [1.807, 2.05) is 42.5 Å². The van der Waals surface area contributed by atoms with Gasteiger partial charge in [-0.3, -0.25) is 4.98 Å². The lowest BCUT2D eigenvalue weighted by Gasteiger charge is -2.22. The zero-order valence-corrected chi connectivity index (χ0v) is 13.2. The van der Waals surface area contributed by atoms with Gasteiger partial charge in [0.05, 0.1) is 5.75 Å². The summed E-state index contributed by atoms with van der Waals surface area (Å²) in [6, 6.07) is 13.7. The highest BCUT2D eigenvalue weighted by molar-refractivity contribution is 7.89. The largest absolute Gasteiger partial charge is 0.264 e. The van der Waals surface area contributed by atoms with Crippen molar-refractivity contribution in [2.75, 3.05) is 5.75 Å². The van der Waals surface area contributed by atoms with Crippen LogP contribution in [-0.2, 0) is 23.0 Å². The molecule has 1 saturated carbocycles. The molecule has 0 N–H and O–H groups in total. The quantitative estimate of drug-likeness (QED) is 0.789. The molecule has 3 rings (SSSR count). The summed E-state index contributed by atoms with van der Waals surface area (Å²) in [5, 5.41) is 0. The summed E-state index contributed by atoms with van der Waals surface area (Å²) in [7, 11) is -3.25. The van der Waals surface area contributed by atoms with E-state index in [0.29, 0.717) is 13.0 Å². The first kappa shape index (κ1) is 15.2. The molecule has 22 heavy (non-hydrogen) atoms. The maximum Gasteiger partial charge on any atom is 0.214 e. The van der Waals surface area contributed by atoms with E-state index in [1.54, 1.807) is 16.7 Å². The fourth-order valence-corrected chi connectivity index (χ4v) is 4.24. The Morgan fingerprint density at radius 2 is 1.77 bits per heavy atom. The molecule has 1 heterocycles. The minimum Gasteiger partial charge on any atom is -0.264 e. The lowest BCUT2D eigenvalue weighted by atomic mass is 10.2. The van der Waals surface area contributed by atoms with Gasteiger partial charge in [0.2, 0.25) is 10.0 Å². The fourth-order valence-electron chi connectivity index (χ4n) is 2.50. The molecule has 0 saturated heterocycles. The van der Waals surface area contributed by atoms with Crippen LogP contribution in [0.4, 0.5) is 0 Å². The van der Waals surface area contributed by atoms with Crippen LogP contribution < -0.4 is 0 Å². The molecule has 5 heteroatoms. The Bertz CT molecular complexity index is 698. The van der Waals surface area contributed by atoms with E-state index in [2.05, 4.69) is 4.98 Å². The molecule has 0 bridgehead atoms. The molecule has 0 aliphatic heterocycles. The molecule has 0 atom stereocenters. The predicted molar refractivity (Wildman–Crippen MR) is 86.7 cm³/mol. The van der Waals surface area contributed by atoms with E-state index >= 15 is 0 Å². The maximum absolute atomic E-state index is 12.7. The number of sulfonamides is 1. The zero-order chi connectivity index (χ0) is 15.4. The highest BCUT2D eigenvalue weighted by atomic mass is 32.2. The van der Waals surface area contributed by atoms with Gasteiger partial charge < -0.3 is 0 Å². The Morgan fingerprint density at radius 3 is 2.41 bits per heavy atom. The molecule has 1 aliphatic rings. The van der Waals surface area contributed by atoms with Gasteiger partial charge in [0.15, 0.2) is 0 Å². The van der Waals surface area contributed by atoms with Gasteiger partial charge in [0.25, 0.3) is 0 Å². The van der Waals surface area contributed by atoms with Gasteiger partial charge >= 0.3 is 0 Å². The molecule has 0 unspecified atom stereocenters. The SMILES string of the molecule is O=S(=O)(CCc1ccccc1)N(Cc1cccnc1)C1CC1. The average molecular weight is 316 g/mol. The normalized spacial score (nSPS) is 15.1. The molecule has 2 aromatic rings. The number of hydrogen-bond donors (Lipinski definition) is 0. The molecular weight excluding hydrogens is 296 g/mol. The van der Waals surface area contributed by atoms with E-state index in [9.17, 15) is 8.42 Å². The molecule has 1 aromatic heterocycles. The van der Waals surface area contributed by atoms with Crippen LogP contribution in [0.2, 0.25) is 0 Å². The number of aromatic nitrogens is 1. The maximum atomic E-state index is 12.7. The number of hydrogen-bond acceptors (Lipinski definition) is 3. The van der Waals surface area contributed by atoms with Gasteiger partial charge in [0.1, 0.15) is 0 Å². The standard InChI is InChI=1S/C17H20N2O2S/c20-22(21,12-10-15-5-2-1-3-6-15)19(17-8-9-17)14-16-7-4-11-18-13-16/h1-7,11,13,17H,8-10,12,14H2. The topological polar surface area (TPSA) is 50.3 Å². The van der Waals surface area contributed by atoms with Gasteiger partial charge in [-0.05, 0) is 36.5 Å². The monoisotopic (exact) mass is 316 g/mol. The number of benzene rings is 1. The van der Waals surface area contributed by atoms with E-state index < -0.39 is 10.0 Å². The van der Waals surface area contributed by atoms with Crippen molar-refractivity contribution >= 4 is 10.0 Å². The van der Waals surface area contributed by atoms with Gasteiger partial charge in [-0.2, -0.15) is 4.31 Å². The van der Waals surface area contributed by atoms with Crippen LogP contribution in [0, 0.1) is 0 Å². The van der Waals surface area contributed by atoms with Crippen molar-refractivity contribution in [2.45, 2.75) is 31.8 Å². The van der Waals surface area contributed by atoms with Gasteiger partial charge in [-0.25, -0.2) is 8.42 Å². The van der Waals surface area contributed by atoms with Crippen molar-refractivity contribution in [3.63, 3.8) is 0 Å². The molecule has 4 nitrogen and oxygen atoms in total. The van der Waals surface area contributed by atoms with Crippen LogP contribution >= 0.6 is 0 Å². The van der Waals surface area contributed by atoms with Crippen molar-refractivity contribution in [3.8, 4) is 0 Å². The van der Waals surface area contributed by atoms with E-state index in [1.165, 1.54) is 0 Å². The van der Waals surface area contributed by atoms with Crippen molar-refractivity contribution < 1.29 is 8.42 Å². The van der Waals surface area contributed by atoms with Crippen molar-refractivity contribution in [1.82, 2.24) is 9.29 Å². The summed E-state index contributed by atoms with van der Waals surface area (Å²) in [6.07, 6.45) is 5.92. The smallest absolute Gasteiger partial charge is 0.214 e. The lowest BCUT2D eigenvalue weighted by Crippen LogP contribution is -2.35. The number of pyridine rings is 1. The molecular formula is C17H20N2O2S. The second kappa shape index (κ2) is 6.58. The summed E-state index contributed by atoms with van der Waals surface area (Å²) in [4.78, 5) is 4.07. The molecule has 0 amide bonds. The van der Waals surface area contributed by atoms with Crippen LogP contribution in [0.3, 0.4) is 0 Å². The molecule has 1 aromatic carbocycles. The minimum atomic E-state index is -3.25. The summed E-state index contributed by atoms with van der Waals surface area (Å²) in [5.41, 5.74) is 2.00. The molecule has 0 spiro atoms. The van der Waals surface area contributed by atoms with Crippen LogP contribution in [0.1, 0.15) is 24.0 Å². The summed E-state index contributed by atoms with van der Waals surface area (Å²) in [5.74, 6) is 0.160. The van der Waals surface area contributed by atoms with Gasteiger partial charge in [-0.15, -0.1) is 0 Å². The summed E-state index contributed by atoms with van der Waals surface area (Å²) in [6.45, 7) is 0.426. The van der Waals surface area contributed by atoms with Crippen molar-refractivity contribution in [1.29, 1.82) is 0 Å². The third-order valence-corrected chi connectivity index (χ3v) is 5.73. The molecule has 1 aliphatic carbocycles. The molecule has 1 fully saturated rings. The third kappa shape index (κ3) is 3.93. The molecule has 0 radical (unpaired) electrons. The Hall–Kier alpha value is -1.72. The number of rotatable bonds is 7. The van der Waals surface area contributed by atoms with E-state index in [0.717, 1.165) is 24.0 Å². The minimum absolute atomic E-state index is 0.160. The Morgan fingerprint density at radius 1 is 1.05 bits per heavy atom. The van der Waals surface area contributed by atoms with E-state index in [-0.39, 0.29) is 11.8 Å². The number of aryl methyl sites for hydroxylation is 1. The first-order valence-corrected chi connectivity index (χ1v) is 9.18.